The van der Waals surface area contributed by atoms with Crippen molar-refractivity contribution in [3.05, 3.63) is 59.4 Å². The molecule has 3 aromatic rings. The number of nitrogens with one attached hydrogen (secondary N) is 1. The van der Waals surface area contributed by atoms with Crippen LogP contribution in [0.3, 0.4) is 0 Å². The van der Waals surface area contributed by atoms with Gasteiger partial charge in [0.15, 0.2) is 0 Å². The first-order valence-electron chi connectivity index (χ1n) is 7.38. The van der Waals surface area contributed by atoms with Crippen LogP contribution < -0.4 is 5.43 Å². The summed E-state index contributed by atoms with van der Waals surface area (Å²) < 4.78 is 0. The Morgan fingerprint density at radius 2 is 1.74 bits per heavy atom. The minimum atomic E-state index is 0.229. The standard InChI is InChI=1S/C18H18N4O/c1-11-10-12(2)20-18(19-11)22-21-13(3)15-9-8-14-6-4-5-7-16(14)17(15)23/h4-10,23H,1-3H3,(H,19,20,22)/b21-13+. The largest absolute Gasteiger partial charge is 0.507 e. The van der Waals surface area contributed by atoms with Crippen LogP contribution in [-0.4, -0.2) is 20.8 Å². The molecule has 0 amide bonds. The third kappa shape index (κ3) is 3.13. The zero-order valence-electron chi connectivity index (χ0n) is 13.3. The van der Waals surface area contributed by atoms with Crippen molar-refractivity contribution >= 4 is 22.4 Å². The summed E-state index contributed by atoms with van der Waals surface area (Å²) in [7, 11) is 0. The van der Waals surface area contributed by atoms with Gasteiger partial charge in [-0.2, -0.15) is 5.10 Å². The highest BCUT2D eigenvalue weighted by atomic mass is 16.3. The van der Waals surface area contributed by atoms with Gasteiger partial charge in [0.25, 0.3) is 0 Å². The van der Waals surface area contributed by atoms with Crippen molar-refractivity contribution in [2.75, 3.05) is 5.43 Å². The van der Waals surface area contributed by atoms with Crippen LogP contribution in [0.25, 0.3) is 10.8 Å². The lowest BCUT2D eigenvalue weighted by molar-refractivity contribution is 0.480. The molecule has 2 N–H and O–H groups in total. The van der Waals surface area contributed by atoms with Gasteiger partial charge in [0.1, 0.15) is 5.75 Å². The van der Waals surface area contributed by atoms with E-state index in [1.54, 1.807) is 0 Å². The summed E-state index contributed by atoms with van der Waals surface area (Å²) in [6.07, 6.45) is 0. The monoisotopic (exact) mass is 306 g/mol. The summed E-state index contributed by atoms with van der Waals surface area (Å²) in [5, 5.41) is 16.6. The molecular formula is C18H18N4O. The van der Waals surface area contributed by atoms with Crippen molar-refractivity contribution in [1.82, 2.24) is 9.97 Å². The van der Waals surface area contributed by atoms with E-state index in [-0.39, 0.29) is 5.75 Å². The molecule has 0 aliphatic rings. The molecule has 23 heavy (non-hydrogen) atoms. The predicted molar refractivity (Wildman–Crippen MR) is 93.0 cm³/mol. The van der Waals surface area contributed by atoms with Crippen molar-refractivity contribution in [3.8, 4) is 5.75 Å². The second kappa shape index (κ2) is 6.04. The van der Waals surface area contributed by atoms with Gasteiger partial charge in [0.2, 0.25) is 5.95 Å². The molecule has 0 fully saturated rings. The quantitative estimate of drug-likeness (QED) is 0.570. The van der Waals surface area contributed by atoms with Crippen molar-refractivity contribution in [1.29, 1.82) is 0 Å². The molecule has 0 unspecified atom stereocenters. The first-order valence-corrected chi connectivity index (χ1v) is 7.38. The van der Waals surface area contributed by atoms with E-state index in [1.165, 1.54) is 0 Å². The van der Waals surface area contributed by atoms with Crippen LogP contribution in [0.2, 0.25) is 0 Å². The summed E-state index contributed by atoms with van der Waals surface area (Å²) >= 11 is 0. The van der Waals surface area contributed by atoms with E-state index in [0.717, 1.165) is 22.2 Å². The summed E-state index contributed by atoms with van der Waals surface area (Å²) in [6.45, 7) is 5.65. The fourth-order valence-corrected chi connectivity index (χ4v) is 2.52. The van der Waals surface area contributed by atoms with Gasteiger partial charge in [-0.25, -0.2) is 15.4 Å². The molecule has 3 rings (SSSR count). The molecule has 0 aliphatic carbocycles. The van der Waals surface area contributed by atoms with Crippen LogP contribution in [0.4, 0.5) is 5.95 Å². The fourth-order valence-electron chi connectivity index (χ4n) is 2.52. The number of hydrogen-bond acceptors (Lipinski definition) is 5. The number of fused-ring (bicyclic) bond motifs is 1. The van der Waals surface area contributed by atoms with Crippen molar-refractivity contribution < 1.29 is 5.11 Å². The van der Waals surface area contributed by atoms with Gasteiger partial charge < -0.3 is 5.11 Å². The van der Waals surface area contributed by atoms with Crippen LogP contribution >= 0.6 is 0 Å². The third-order valence-corrected chi connectivity index (χ3v) is 3.60. The van der Waals surface area contributed by atoms with Gasteiger partial charge in [-0.05, 0) is 38.3 Å². The van der Waals surface area contributed by atoms with Crippen LogP contribution in [0, 0.1) is 13.8 Å². The van der Waals surface area contributed by atoms with Crippen LogP contribution in [0.1, 0.15) is 23.9 Å². The topological polar surface area (TPSA) is 70.4 Å². The number of aryl methyl sites for hydroxylation is 2. The van der Waals surface area contributed by atoms with E-state index in [9.17, 15) is 5.11 Å². The van der Waals surface area contributed by atoms with E-state index in [4.69, 9.17) is 0 Å². The Balaban J connectivity index is 1.93. The molecule has 1 aromatic heterocycles. The van der Waals surface area contributed by atoms with E-state index in [1.807, 2.05) is 63.2 Å². The molecule has 5 nitrogen and oxygen atoms in total. The van der Waals surface area contributed by atoms with Crippen LogP contribution in [0.5, 0.6) is 5.75 Å². The summed E-state index contributed by atoms with van der Waals surface area (Å²) in [4.78, 5) is 8.56. The van der Waals surface area contributed by atoms with Crippen LogP contribution in [-0.2, 0) is 0 Å². The average Bonchev–Trinajstić information content (AvgIpc) is 2.52. The number of aromatic hydroxyl groups is 1. The van der Waals surface area contributed by atoms with Gasteiger partial charge in [-0.15, -0.1) is 0 Å². The second-order valence-corrected chi connectivity index (χ2v) is 5.47. The number of phenolic OH excluding ortho intramolecular Hbond substituents is 1. The van der Waals surface area contributed by atoms with Gasteiger partial charge >= 0.3 is 0 Å². The zero-order chi connectivity index (χ0) is 16.4. The number of rotatable bonds is 3. The minimum Gasteiger partial charge on any atom is -0.507 e. The highest BCUT2D eigenvalue weighted by molar-refractivity contribution is 6.06. The average molecular weight is 306 g/mol. The maximum absolute atomic E-state index is 10.5. The van der Waals surface area contributed by atoms with Gasteiger partial charge in [0, 0.05) is 22.3 Å². The Kier molecular flexibility index (Phi) is 3.93. The SMILES string of the molecule is C/C(=N\Nc1nc(C)cc(C)n1)c1ccc2ccccc2c1O. The molecule has 0 aliphatic heterocycles. The molecule has 0 saturated carbocycles. The second-order valence-electron chi connectivity index (χ2n) is 5.47. The van der Waals surface area contributed by atoms with E-state index >= 15 is 0 Å². The molecule has 0 radical (unpaired) electrons. The lowest BCUT2D eigenvalue weighted by Crippen LogP contribution is -2.04. The number of hydrazone groups is 1. The van der Waals surface area contributed by atoms with Crippen LogP contribution in [0.15, 0.2) is 47.6 Å². The van der Waals surface area contributed by atoms with E-state index in [2.05, 4.69) is 20.5 Å². The molecule has 0 bridgehead atoms. The molecule has 1 heterocycles. The number of anilines is 1. The van der Waals surface area contributed by atoms with E-state index < -0.39 is 0 Å². The normalized spacial score (nSPS) is 11.7. The molecule has 2 aromatic carbocycles. The third-order valence-electron chi connectivity index (χ3n) is 3.60. The predicted octanol–water partition coefficient (Wildman–Crippen LogP) is 3.79. The van der Waals surface area contributed by atoms with Gasteiger partial charge in [0.05, 0.1) is 5.71 Å². The van der Waals surface area contributed by atoms with Gasteiger partial charge in [-0.3, -0.25) is 0 Å². The Bertz CT molecular complexity index is 882. The molecule has 116 valence electrons. The maximum atomic E-state index is 10.5. The Hall–Kier alpha value is -2.95. The fraction of sp³-hybridized carbons (Fsp3) is 0.167. The molecule has 5 heteroatoms. The smallest absolute Gasteiger partial charge is 0.243 e. The highest BCUT2D eigenvalue weighted by Gasteiger charge is 2.09. The lowest BCUT2D eigenvalue weighted by Gasteiger charge is -2.08. The first-order chi connectivity index (χ1) is 11.0. The first kappa shape index (κ1) is 15.0. The van der Waals surface area contributed by atoms with Crippen molar-refractivity contribution in [2.45, 2.75) is 20.8 Å². The van der Waals surface area contributed by atoms with Crippen molar-refractivity contribution in [2.24, 2.45) is 5.10 Å². The highest BCUT2D eigenvalue weighted by Crippen LogP contribution is 2.28. The Labute approximate surface area is 134 Å². The lowest BCUT2D eigenvalue weighted by atomic mass is 10.0. The molecular weight excluding hydrogens is 288 g/mol. The molecule has 0 spiro atoms. The Morgan fingerprint density at radius 1 is 1.04 bits per heavy atom. The minimum absolute atomic E-state index is 0.229. The Morgan fingerprint density at radius 3 is 2.48 bits per heavy atom. The summed E-state index contributed by atoms with van der Waals surface area (Å²) in [5.41, 5.74) is 5.95. The zero-order valence-corrected chi connectivity index (χ0v) is 13.3. The maximum Gasteiger partial charge on any atom is 0.243 e. The number of nitrogens with zero attached hydrogens (tertiary/aromatic N) is 3. The number of phenols is 1. The molecule has 0 saturated heterocycles. The number of aromatic nitrogens is 2. The van der Waals surface area contributed by atoms with E-state index in [0.29, 0.717) is 17.2 Å². The molecule has 0 atom stereocenters. The summed E-state index contributed by atoms with van der Waals surface area (Å²) in [6, 6.07) is 13.4. The summed E-state index contributed by atoms with van der Waals surface area (Å²) in [5.74, 6) is 0.676. The number of benzene rings is 2. The van der Waals surface area contributed by atoms with Crippen molar-refractivity contribution in [3.63, 3.8) is 0 Å². The van der Waals surface area contributed by atoms with Gasteiger partial charge in [-0.1, -0.05) is 30.3 Å². The number of hydrogen-bond donors (Lipinski definition) is 2.